The maximum Gasteiger partial charge on any atom is 0.326 e. The van der Waals surface area contributed by atoms with Crippen LogP contribution in [0.25, 0.3) is 0 Å². The van der Waals surface area contributed by atoms with Crippen molar-refractivity contribution in [1.29, 1.82) is 0 Å². The van der Waals surface area contributed by atoms with E-state index in [9.17, 15) is 14.4 Å². The van der Waals surface area contributed by atoms with Crippen LogP contribution in [0.15, 0.2) is 0 Å². The van der Waals surface area contributed by atoms with Crippen LogP contribution in [0.3, 0.4) is 0 Å². The number of primary amides is 1. The molecule has 0 bridgehead atoms. The molecule has 0 fully saturated rings. The second-order valence-corrected chi connectivity index (χ2v) is 4.48. The predicted molar refractivity (Wildman–Crippen MR) is 65.8 cm³/mol. The van der Waals surface area contributed by atoms with Crippen LogP contribution < -0.4 is 16.4 Å². The fourth-order valence-electron chi connectivity index (χ4n) is 1.23. The Labute approximate surface area is 106 Å². The lowest BCUT2D eigenvalue weighted by Crippen LogP contribution is -2.46. The Kier molecular flexibility index (Phi) is 7.50. The van der Waals surface area contributed by atoms with Crippen molar-refractivity contribution in [2.75, 3.05) is 6.54 Å². The van der Waals surface area contributed by atoms with E-state index in [1.54, 1.807) is 0 Å². The van der Waals surface area contributed by atoms with Gasteiger partial charge in [0.15, 0.2) is 0 Å². The van der Waals surface area contributed by atoms with E-state index in [1.165, 1.54) is 0 Å². The maximum atomic E-state index is 11.4. The number of hydrogen-bond acceptors (Lipinski definition) is 3. The third kappa shape index (κ3) is 8.37. The lowest BCUT2D eigenvalue weighted by Gasteiger charge is -2.14. The normalized spacial score (nSPS) is 11.9. The standard InChI is InChI=1S/C11H21N3O4/c1-7(2)5-6-13-11(18)14-8(10(16)17)3-4-9(12)15/h7-8H,3-6H2,1-2H3,(H2,12,15)(H,16,17)(H2,13,14,18). The van der Waals surface area contributed by atoms with E-state index in [2.05, 4.69) is 10.6 Å². The van der Waals surface area contributed by atoms with Crippen molar-refractivity contribution in [3.05, 3.63) is 0 Å². The van der Waals surface area contributed by atoms with E-state index < -0.39 is 23.9 Å². The van der Waals surface area contributed by atoms with Gasteiger partial charge in [-0.1, -0.05) is 13.8 Å². The van der Waals surface area contributed by atoms with Gasteiger partial charge in [0.05, 0.1) is 0 Å². The Balaban J connectivity index is 4.04. The minimum absolute atomic E-state index is 0.0116. The van der Waals surface area contributed by atoms with Gasteiger partial charge < -0.3 is 21.5 Å². The highest BCUT2D eigenvalue weighted by molar-refractivity contribution is 5.83. The molecular weight excluding hydrogens is 238 g/mol. The van der Waals surface area contributed by atoms with Crippen LogP contribution in [0, 0.1) is 5.92 Å². The summed E-state index contributed by atoms with van der Waals surface area (Å²) < 4.78 is 0. The first kappa shape index (κ1) is 16.2. The van der Waals surface area contributed by atoms with Crippen LogP contribution in [-0.4, -0.2) is 35.6 Å². The van der Waals surface area contributed by atoms with Crippen LogP contribution in [0.1, 0.15) is 33.1 Å². The van der Waals surface area contributed by atoms with Gasteiger partial charge in [0.1, 0.15) is 6.04 Å². The van der Waals surface area contributed by atoms with Gasteiger partial charge in [-0.05, 0) is 18.8 Å². The summed E-state index contributed by atoms with van der Waals surface area (Å²) in [4.78, 5) is 32.8. The van der Waals surface area contributed by atoms with E-state index in [0.29, 0.717) is 12.5 Å². The Morgan fingerprint density at radius 1 is 1.22 bits per heavy atom. The first-order valence-corrected chi connectivity index (χ1v) is 5.88. The van der Waals surface area contributed by atoms with Crippen molar-refractivity contribution in [2.24, 2.45) is 11.7 Å². The number of carbonyl (C=O) groups is 3. The average Bonchev–Trinajstić information content (AvgIpc) is 2.22. The van der Waals surface area contributed by atoms with Gasteiger partial charge in [-0.25, -0.2) is 9.59 Å². The van der Waals surface area contributed by atoms with Gasteiger partial charge in [-0.2, -0.15) is 0 Å². The number of nitrogens with one attached hydrogen (secondary N) is 2. The molecule has 0 saturated carbocycles. The summed E-state index contributed by atoms with van der Waals surface area (Å²) in [6.07, 6.45) is 0.720. The fraction of sp³-hybridized carbons (Fsp3) is 0.727. The quantitative estimate of drug-likeness (QED) is 0.492. The van der Waals surface area contributed by atoms with Crippen molar-refractivity contribution in [1.82, 2.24) is 10.6 Å². The molecule has 5 N–H and O–H groups in total. The van der Waals surface area contributed by atoms with E-state index in [-0.39, 0.29) is 12.8 Å². The summed E-state index contributed by atoms with van der Waals surface area (Å²) in [6, 6.07) is -1.65. The highest BCUT2D eigenvalue weighted by Gasteiger charge is 2.20. The number of carboxylic acid groups (broad SMARTS) is 1. The number of rotatable bonds is 8. The van der Waals surface area contributed by atoms with Crippen molar-refractivity contribution >= 4 is 17.9 Å². The monoisotopic (exact) mass is 259 g/mol. The van der Waals surface area contributed by atoms with Gasteiger partial charge in [-0.15, -0.1) is 0 Å². The highest BCUT2D eigenvalue weighted by atomic mass is 16.4. The summed E-state index contributed by atoms with van der Waals surface area (Å²) >= 11 is 0. The second kappa shape index (κ2) is 8.32. The van der Waals surface area contributed by atoms with Gasteiger partial charge in [0, 0.05) is 13.0 Å². The zero-order valence-electron chi connectivity index (χ0n) is 10.7. The Morgan fingerprint density at radius 3 is 2.28 bits per heavy atom. The van der Waals surface area contributed by atoms with Crippen LogP contribution in [0.2, 0.25) is 0 Å². The Hall–Kier alpha value is -1.79. The van der Waals surface area contributed by atoms with Crippen molar-refractivity contribution in [3.8, 4) is 0 Å². The SMILES string of the molecule is CC(C)CCNC(=O)NC(CCC(N)=O)C(=O)O. The highest BCUT2D eigenvalue weighted by Crippen LogP contribution is 1.98. The zero-order chi connectivity index (χ0) is 14.1. The molecule has 1 unspecified atom stereocenters. The molecule has 18 heavy (non-hydrogen) atoms. The van der Waals surface area contributed by atoms with Crippen molar-refractivity contribution < 1.29 is 19.5 Å². The predicted octanol–water partition coefficient (Wildman–Crippen LogP) is 0.0504. The molecule has 1 atom stereocenters. The number of amides is 3. The molecular formula is C11H21N3O4. The minimum Gasteiger partial charge on any atom is -0.480 e. The number of carboxylic acids is 1. The summed E-state index contributed by atoms with van der Waals surface area (Å²) in [7, 11) is 0. The van der Waals surface area contributed by atoms with Crippen LogP contribution >= 0.6 is 0 Å². The summed E-state index contributed by atoms with van der Waals surface area (Å²) in [5.74, 6) is -1.33. The van der Waals surface area contributed by atoms with E-state index in [4.69, 9.17) is 10.8 Å². The molecule has 7 nitrogen and oxygen atoms in total. The summed E-state index contributed by atoms with van der Waals surface area (Å²) in [6.45, 7) is 4.52. The molecule has 0 rings (SSSR count). The minimum atomic E-state index is -1.18. The first-order chi connectivity index (χ1) is 8.32. The third-order valence-electron chi connectivity index (χ3n) is 2.29. The molecule has 0 aliphatic carbocycles. The molecule has 0 aromatic carbocycles. The maximum absolute atomic E-state index is 11.4. The molecule has 7 heteroatoms. The molecule has 0 spiro atoms. The molecule has 0 aromatic rings. The summed E-state index contributed by atoms with van der Waals surface area (Å²) in [5.41, 5.74) is 4.92. The molecule has 104 valence electrons. The number of hydrogen-bond donors (Lipinski definition) is 4. The van der Waals surface area contributed by atoms with Gasteiger partial charge in [0.2, 0.25) is 5.91 Å². The average molecular weight is 259 g/mol. The third-order valence-corrected chi connectivity index (χ3v) is 2.29. The van der Waals surface area contributed by atoms with Gasteiger partial charge in [0.25, 0.3) is 0 Å². The lowest BCUT2D eigenvalue weighted by atomic mass is 10.1. The molecule has 0 radical (unpaired) electrons. The Bertz CT molecular complexity index is 305. The molecule has 0 aliphatic rings. The first-order valence-electron chi connectivity index (χ1n) is 5.88. The number of nitrogens with two attached hydrogens (primary N) is 1. The van der Waals surface area contributed by atoms with Crippen molar-refractivity contribution in [3.63, 3.8) is 0 Å². The molecule has 0 heterocycles. The molecule has 0 aliphatic heterocycles. The molecule has 0 aromatic heterocycles. The van der Waals surface area contributed by atoms with E-state index in [1.807, 2.05) is 13.8 Å². The van der Waals surface area contributed by atoms with E-state index in [0.717, 1.165) is 6.42 Å². The second-order valence-electron chi connectivity index (χ2n) is 4.48. The number of aliphatic carboxylic acids is 1. The summed E-state index contributed by atoms with van der Waals surface area (Å²) in [5, 5.41) is 13.7. The van der Waals surface area contributed by atoms with Crippen molar-refractivity contribution in [2.45, 2.75) is 39.2 Å². The smallest absolute Gasteiger partial charge is 0.326 e. The number of urea groups is 1. The van der Waals surface area contributed by atoms with Crippen LogP contribution in [0.5, 0.6) is 0 Å². The van der Waals surface area contributed by atoms with Gasteiger partial charge >= 0.3 is 12.0 Å². The Morgan fingerprint density at radius 2 is 1.83 bits per heavy atom. The topological polar surface area (TPSA) is 122 Å². The zero-order valence-corrected chi connectivity index (χ0v) is 10.7. The molecule has 3 amide bonds. The number of carbonyl (C=O) groups excluding carboxylic acids is 2. The fourth-order valence-corrected chi connectivity index (χ4v) is 1.23. The van der Waals surface area contributed by atoms with E-state index >= 15 is 0 Å². The van der Waals surface area contributed by atoms with Crippen LogP contribution in [0.4, 0.5) is 4.79 Å². The van der Waals surface area contributed by atoms with Gasteiger partial charge in [-0.3, -0.25) is 4.79 Å². The lowest BCUT2D eigenvalue weighted by molar-refractivity contribution is -0.139. The van der Waals surface area contributed by atoms with Crippen LogP contribution in [-0.2, 0) is 9.59 Å². The largest absolute Gasteiger partial charge is 0.480 e. The molecule has 0 saturated heterocycles.